The average Bonchev–Trinajstić information content (AvgIpc) is 2.48. The van der Waals surface area contributed by atoms with Crippen LogP contribution >= 0.6 is 0 Å². The van der Waals surface area contributed by atoms with Crippen LogP contribution in [0.15, 0.2) is 53.4 Å². The number of sulfonamides is 1. The van der Waals surface area contributed by atoms with E-state index in [4.69, 9.17) is 0 Å². The standard InChI is InChI=1S/C16H16FNO2S/c17-13-8-10-14(11-9-13)21(19,20)18-16-7-3-5-12-4-1-2-6-15(12)16/h1-2,4,6,8-11,16,18H,3,5,7H2/t16-/m1/s1. The Morgan fingerprint density at radius 1 is 1.05 bits per heavy atom. The van der Waals surface area contributed by atoms with Gasteiger partial charge in [0.25, 0.3) is 0 Å². The monoisotopic (exact) mass is 305 g/mol. The zero-order valence-electron chi connectivity index (χ0n) is 11.4. The largest absolute Gasteiger partial charge is 0.241 e. The predicted molar refractivity (Wildman–Crippen MR) is 78.8 cm³/mol. The van der Waals surface area contributed by atoms with Gasteiger partial charge in [0.1, 0.15) is 5.82 Å². The molecule has 1 aliphatic carbocycles. The first-order valence-electron chi connectivity index (χ1n) is 6.92. The fourth-order valence-corrected chi connectivity index (χ4v) is 4.00. The van der Waals surface area contributed by atoms with Crippen LogP contribution in [0.2, 0.25) is 0 Å². The molecule has 2 aromatic rings. The van der Waals surface area contributed by atoms with Crippen LogP contribution in [-0.2, 0) is 16.4 Å². The highest BCUT2D eigenvalue weighted by atomic mass is 32.2. The summed E-state index contributed by atoms with van der Waals surface area (Å²) in [6, 6.07) is 12.6. The number of halogens is 1. The van der Waals surface area contributed by atoms with Crippen LogP contribution in [0, 0.1) is 5.82 Å². The van der Waals surface area contributed by atoms with Crippen LogP contribution < -0.4 is 4.72 Å². The SMILES string of the molecule is O=S(=O)(N[C@@H]1CCCc2ccccc21)c1ccc(F)cc1. The maximum Gasteiger partial charge on any atom is 0.241 e. The normalized spacial score (nSPS) is 18.2. The van der Waals surface area contributed by atoms with Gasteiger partial charge in [-0.3, -0.25) is 0 Å². The molecule has 0 amide bonds. The molecule has 21 heavy (non-hydrogen) atoms. The van der Waals surface area contributed by atoms with Crippen LogP contribution in [0.1, 0.15) is 30.0 Å². The van der Waals surface area contributed by atoms with Gasteiger partial charge in [0.15, 0.2) is 0 Å². The van der Waals surface area contributed by atoms with Crippen molar-refractivity contribution in [1.29, 1.82) is 0 Å². The fourth-order valence-electron chi connectivity index (χ4n) is 2.75. The number of rotatable bonds is 3. The van der Waals surface area contributed by atoms with Crippen LogP contribution in [0.4, 0.5) is 4.39 Å². The Kier molecular flexibility index (Phi) is 3.78. The van der Waals surface area contributed by atoms with E-state index in [9.17, 15) is 12.8 Å². The quantitative estimate of drug-likeness (QED) is 0.946. The van der Waals surface area contributed by atoms with Crippen molar-refractivity contribution < 1.29 is 12.8 Å². The van der Waals surface area contributed by atoms with Crippen molar-refractivity contribution in [2.45, 2.75) is 30.2 Å². The molecule has 0 heterocycles. The number of hydrogen-bond acceptors (Lipinski definition) is 2. The molecular weight excluding hydrogens is 289 g/mol. The number of benzene rings is 2. The second-order valence-corrected chi connectivity index (χ2v) is 6.93. The Labute approximate surface area is 123 Å². The minimum absolute atomic E-state index is 0.0898. The molecular formula is C16H16FNO2S. The molecule has 110 valence electrons. The zero-order chi connectivity index (χ0) is 14.9. The fraction of sp³-hybridized carbons (Fsp3) is 0.250. The van der Waals surface area contributed by atoms with E-state index in [-0.39, 0.29) is 10.9 Å². The third-order valence-corrected chi connectivity index (χ3v) is 5.28. The summed E-state index contributed by atoms with van der Waals surface area (Å²) in [4.78, 5) is 0.0898. The molecule has 0 bridgehead atoms. The topological polar surface area (TPSA) is 46.2 Å². The molecule has 0 spiro atoms. The molecule has 3 nitrogen and oxygen atoms in total. The van der Waals surface area contributed by atoms with Crippen molar-refractivity contribution in [3.8, 4) is 0 Å². The second kappa shape index (κ2) is 5.58. The Morgan fingerprint density at radius 2 is 1.76 bits per heavy atom. The van der Waals surface area contributed by atoms with E-state index in [1.54, 1.807) is 0 Å². The summed E-state index contributed by atoms with van der Waals surface area (Å²) in [5, 5.41) is 0. The maximum atomic E-state index is 12.9. The van der Waals surface area contributed by atoms with Crippen molar-refractivity contribution >= 4 is 10.0 Å². The van der Waals surface area contributed by atoms with Gasteiger partial charge in [0.05, 0.1) is 4.90 Å². The lowest BCUT2D eigenvalue weighted by Gasteiger charge is -2.26. The second-order valence-electron chi connectivity index (χ2n) is 5.22. The van der Waals surface area contributed by atoms with Crippen LogP contribution in [0.3, 0.4) is 0 Å². The first-order chi connectivity index (χ1) is 10.1. The van der Waals surface area contributed by atoms with E-state index < -0.39 is 15.8 Å². The average molecular weight is 305 g/mol. The highest BCUT2D eigenvalue weighted by Crippen LogP contribution is 2.30. The first-order valence-corrected chi connectivity index (χ1v) is 8.40. The lowest BCUT2D eigenvalue weighted by atomic mass is 9.88. The molecule has 0 fully saturated rings. The summed E-state index contributed by atoms with van der Waals surface area (Å²) in [6.45, 7) is 0. The summed E-state index contributed by atoms with van der Waals surface area (Å²) in [7, 11) is -3.64. The van der Waals surface area contributed by atoms with Gasteiger partial charge in [0, 0.05) is 6.04 Å². The molecule has 0 radical (unpaired) electrons. The van der Waals surface area contributed by atoms with E-state index in [2.05, 4.69) is 4.72 Å². The maximum absolute atomic E-state index is 12.9. The van der Waals surface area contributed by atoms with Gasteiger partial charge in [-0.2, -0.15) is 0 Å². The van der Waals surface area contributed by atoms with Crippen molar-refractivity contribution in [3.63, 3.8) is 0 Å². The molecule has 0 unspecified atom stereocenters. The third kappa shape index (κ3) is 2.99. The third-order valence-electron chi connectivity index (χ3n) is 3.79. The molecule has 1 aliphatic rings. The summed E-state index contributed by atoms with van der Waals surface area (Å²) >= 11 is 0. The highest BCUT2D eigenvalue weighted by Gasteiger charge is 2.25. The molecule has 0 aromatic heterocycles. The summed E-state index contributed by atoms with van der Waals surface area (Å²) < 4.78 is 40.4. The van der Waals surface area contributed by atoms with Gasteiger partial charge in [-0.15, -0.1) is 0 Å². The molecule has 0 saturated carbocycles. The Morgan fingerprint density at radius 3 is 2.52 bits per heavy atom. The minimum atomic E-state index is -3.64. The number of hydrogen-bond donors (Lipinski definition) is 1. The van der Waals surface area contributed by atoms with Gasteiger partial charge in [-0.1, -0.05) is 24.3 Å². The molecule has 2 aromatic carbocycles. The molecule has 1 atom stereocenters. The Hall–Kier alpha value is -1.72. The minimum Gasteiger partial charge on any atom is -0.207 e. The van der Waals surface area contributed by atoms with Crippen molar-refractivity contribution in [2.75, 3.05) is 0 Å². The van der Waals surface area contributed by atoms with Gasteiger partial charge < -0.3 is 0 Å². The summed E-state index contributed by atoms with van der Waals surface area (Å²) in [6.07, 6.45) is 2.70. The highest BCUT2D eigenvalue weighted by molar-refractivity contribution is 7.89. The van der Waals surface area contributed by atoms with Gasteiger partial charge in [-0.25, -0.2) is 17.5 Å². The number of fused-ring (bicyclic) bond motifs is 1. The van der Waals surface area contributed by atoms with E-state index in [1.807, 2.05) is 24.3 Å². The number of aryl methyl sites for hydroxylation is 1. The van der Waals surface area contributed by atoms with Gasteiger partial charge in [-0.05, 0) is 54.7 Å². The van der Waals surface area contributed by atoms with Gasteiger partial charge in [0.2, 0.25) is 10.0 Å². The molecule has 5 heteroatoms. The summed E-state index contributed by atoms with van der Waals surface area (Å²) in [5.74, 6) is -0.447. The van der Waals surface area contributed by atoms with Gasteiger partial charge >= 0.3 is 0 Å². The van der Waals surface area contributed by atoms with E-state index in [1.165, 1.54) is 17.7 Å². The Bertz CT molecular complexity index is 741. The zero-order valence-corrected chi connectivity index (χ0v) is 12.2. The van der Waals surface area contributed by atoms with Crippen molar-refractivity contribution in [1.82, 2.24) is 4.72 Å². The predicted octanol–water partition coefficient (Wildman–Crippen LogP) is 3.18. The molecule has 0 aliphatic heterocycles. The van der Waals surface area contributed by atoms with Crippen molar-refractivity contribution in [3.05, 3.63) is 65.5 Å². The number of nitrogens with one attached hydrogen (secondary N) is 1. The lowest BCUT2D eigenvalue weighted by Crippen LogP contribution is -2.31. The first kappa shape index (κ1) is 14.2. The van der Waals surface area contributed by atoms with Crippen LogP contribution in [0.25, 0.3) is 0 Å². The van der Waals surface area contributed by atoms with E-state index >= 15 is 0 Å². The summed E-state index contributed by atoms with van der Waals surface area (Å²) in [5.41, 5.74) is 2.23. The van der Waals surface area contributed by atoms with Crippen LogP contribution in [0.5, 0.6) is 0 Å². The Balaban J connectivity index is 1.88. The lowest BCUT2D eigenvalue weighted by molar-refractivity contribution is 0.507. The molecule has 0 saturated heterocycles. The molecule has 3 rings (SSSR count). The van der Waals surface area contributed by atoms with E-state index in [0.717, 1.165) is 37.0 Å². The smallest absolute Gasteiger partial charge is 0.207 e. The molecule has 1 N–H and O–H groups in total. The van der Waals surface area contributed by atoms with Crippen molar-refractivity contribution in [2.24, 2.45) is 0 Å². The van der Waals surface area contributed by atoms with Crippen LogP contribution in [-0.4, -0.2) is 8.42 Å². The van der Waals surface area contributed by atoms with E-state index in [0.29, 0.717) is 0 Å².